The van der Waals surface area contributed by atoms with Gasteiger partial charge < -0.3 is 0 Å². The van der Waals surface area contributed by atoms with Crippen LogP contribution in [-0.2, 0) is 24.2 Å². The lowest BCUT2D eigenvalue weighted by atomic mass is 10.0. The average molecular weight is 288 g/mol. The number of anilines is 1. The van der Waals surface area contributed by atoms with Gasteiger partial charge in [0.15, 0.2) is 12.2 Å². The summed E-state index contributed by atoms with van der Waals surface area (Å²) in [4.78, 5) is 16.6. The smallest absolute Gasteiger partial charge is 0.253 e. The third-order valence-electron chi connectivity index (χ3n) is 4.62. The zero-order chi connectivity index (χ0) is 14.7. The van der Waals surface area contributed by atoms with Crippen molar-refractivity contribution >= 4 is 22.8 Å². The number of hydrogen-bond acceptors (Lipinski definition) is 2. The van der Waals surface area contributed by atoms with E-state index in [1.54, 1.807) is 0 Å². The molecular weight excluding hydrogens is 274 g/mol. The van der Waals surface area contributed by atoms with Crippen molar-refractivity contribution in [3.8, 4) is 11.3 Å². The minimum absolute atomic E-state index is 0.00157. The first-order chi connectivity index (χ1) is 10.8. The molecule has 0 radical (unpaired) electrons. The van der Waals surface area contributed by atoms with Crippen molar-refractivity contribution in [1.29, 1.82) is 0 Å². The Labute approximate surface area is 127 Å². The van der Waals surface area contributed by atoms with Crippen molar-refractivity contribution in [2.45, 2.75) is 19.4 Å². The SMILES string of the molecule is O=C1C[n+]2c(nc3c4c(cccc42)CCc2ccccc2-3)N1. The summed E-state index contributed by atoms with van der Waals surface area (Å²) in [6.45, 7) is 0.351. The molecule has 4 heteroatoms. The Bertz CT molecular complexity index is 962. The van der Waals surface area contributed by atoms with Crippen LogP contribution in [-0.4, -0.2) is 10.9 Å². The third-order valence-corrected chi connectivity index (χ3v) is 4.62. The Kier molecular flexibility index (Phi) is 2.23. The molecule has 0 saturated heterocycles. The molecule has 106 valence electrons. The van der Waals surface area contributed by atoms with Crippen molar-refractivity contribution in [2.24, 2.45) is 0 Å². The number of benzene rings is 2. The fourth-order valence-corrected chi connectivity index (χ4v) is 3.63. The van der Waals surface area contributed by atoms with Crippen molar-refractivity contribution < 1.29 is 9.36 Å². The number of aryl methyl sites for hydroxylation is 2. The number of fused-ring (bicyclic) bond motifs is 4. The summed E-state index contributed by atoms with van der Waals surface area (Å²) < 4.78 is 1.98. The third kappa shape index (κ3) is 1.49. The number of rotatable bonds is 0. The first-order valence-corrected chi connectivity index (χ1v) is 7.55. The summed E-state index contributed by atoms with van der Waals surface area (Å²) in [5.74, 6) is 0.656. The Morgan fingerprint density at radius 2 is 1.82 bits per heavy atom. The molecule has 1 amide bonds. The van der Waals surface area contributed by atoms with Gasteiger partial charge >= 0.3 is 11.9 Å². The molecule has 22 heavy (non-hydrogen) atoms. The molecule has 1 aromatic heterocycles. The highest BCUT2D eigenvalue weighted by atomic mass is 16.2. The summed E-state index contributed by atoms with van der Waals surface area (Å²) in [5.41, 5.74) is 5.90. The van der Waals surface area contributed by atoms with E-state index in [2.05, 4.69) is 47.8 Å². The van der Waals surface area contributed by atoms with Gasteiger partial charge in [-0.2, -0.15) is 0 Å². The van der Waals surface area contributed by atoms with Gasteiger partial charge in [-0.1, -0.05) is 41.4 Å². The van der Waals surface area contributed by atoms with Crippen LogP contribution in [0.2, 0.25) is 0 Å². The van der Waals surface area contributed by atoms with Gasteiger partial charge in [-0.15, -0.1) is 0 Å². The van der Waals surface area contributed by atoms with Crippen LogP contribution in [0.5, 0.6) is 0 Å². The highest BCUT2D eigenvalue weighted by molar-refractivity contribution is 5.98. The van der Waals surface area contributed by atoms with Gasteiger partial charge in [-0.3, -0.25) is 4.79 Å². The zero-order valence-corrected chi connectivity index (χ0v) is 12.0. The van der Waals surface area contributed by atoms with Crippen LogP contribution in [0.4, 0.5) is 5.95 Å². The van der Waals surface area contributed by atoms with E-state index in [-0.39, 0.29) is 5.91 Å². The number of nitrogens with zero attached hydrogens (tertiary/aromatic N) is 2. The van der Waals surface area contributed by atoms with Gasteiger partial charge in [0.2, 0.25) is 0 Å². The van der Waals surface area contributed by atoms with Crippen LogP contribution in [0.15, 0.2) is 42.5 Å². The lowest BCUT2D eigenvalue weighted by Crippen LogP contribution is -2.34. The summed E-state index contributed by atoms with van der Waals surface area (Å²) in [7, 11) is 0. The molecule has 4 nitrogen and oxygen atoms in total. The van der Waals surface area contributed by atoms with E-state index < -0.39 is 0 Å². The Hall–Kier alpha value is -2.75. The van der Waals surface area contributed by atoms with Crippen LogP contribution in [0, 0.1) is 0 Å². The largest absolute Gasteiger partial charge is 0.400 e. The van der Waals surface area contributed by atoms with E-state index in [0.717, 1.165) is 24.1 Å². The Morgan fingerprint density at radius 1 is 1.00 bits per heavy atom. The maximum absolute atomic E-state index is 11.8. The molecule has 2 aromatic carbocycles. The Balaban J connectivity index is 1.96. The summed E-state index contributed by atoms with van der Waals surface area (Å²) in [5, 5.41) is 4.06. The van der Waals surface area contributed by atoms with E-state index in [1.807, 2.05) is 4.57 Å². The molecule has 1 N–H and O–H groups in total. The molecule has 0 unspecified atom stereocenters. The Morgan fingerprint density at radius 3 is 2.77 bits per heavy atom. The fraction of sp³-hybridized carbons (Fsp3) is 0.167. The number of carbonyl (C=O) groups is 1. The predicted octanol–water partition coefficient (Wildman–Crippen LogP) is 2.24. The molecule has 2 aliphatic rings. The number of carbonyl (C=O) groups excluding carboxylic acids is 1. The lowest BCUT2D eigenvalue weighted by molar-refractivity contribution is -0.639. The van der Waals surface area contributed by atoms with Gasteiger partial charge in [0.1, 0.15) is 5.52 Å². The van der Waals surface area contributed by atoms with Crippen LogP contribution < -0.4 is 9.88 Å². The maximum atomic E-state index is 11.8. The molecule has 0 saturated carbocycles. The molecule has 0 bridgehead atoms. The maximum Gasteiger partial charge on any atom is 0.400 e. The fourth-order valence-electron chi connectivity index (χ4n) is 3.63. The highest BCUT2D eigenvalue weighted by Gasteiger charge is 2.32. The summed E-state index contributed by atoms with van der Waals surface area (Å²) >= 11 is 0. The second kappa shape index (κ2) is 4.13. The normalized spacial score (nSPS) is 15.2. The van der Waals surface area contributed by atoms with Gasteiger partial charge in [0, 0.05) is 5.56 Å². The second-order valence-corrected chi connectivity index (χ2v) is 5.89. The number of nitrogens with one attached hydrogen (secondary N) is 1. The molecule has 0 spiro atoms. The lowest BCUT2D eigenvalue weighted by Gasteiger charge is -2.08. The minimum Gasteiger partial charge on any atom is -0.253 e. The highest BCUT2D eigenvalue weighted by Crippen LogP contribution is 2.35. The van der Waals surface area contributed by atoms with Crippen LogP contribution >= 0.6 is 0 Å². The molecule has 0 atom stereocenters. The van der Waals surface area contributed by atoms with Crippen molar-refractivity contribution in [2.75, 3.05) is 5.32 Å². The van der Waals surface area contributed by atoms with Gasteiger partial charge in [-0.25, -0.2) is 9.88 Å². The molecule has 1 aliphatic heterocycles. The molecule has 0 fully saturated rings. The molecule has 3 aromatic rings. The molecule has 2 heterocycles. The summed E-state index contributed by atoms with van der Waals surface area (Å²) in [6.07, 6.45) is 2.02. The van der Waals surface area contributed by atoms with Gasteiger partial charge in [-0.05, 0) is 30.0 Å². The van der Waals surface area contributed by atoms with Crippen molar-refractivity contribution in [1.82, 2.24) is 4.98 Å². The molecular formula is C18H14N3O+. The standard InChI is InChI=1S/C18H13N3O/c22-15-10-21-14-7-3-5-12-9-8-11-4-1-2-6-13(11)17(16(12)14)20-18(21)19-15/h1-7H,8-10H2/p+1. The zero-order valence-electron chi connectivity index (χ0n) is 12.0. The number of aromatic nitrogens is 2. The monoisotopic (exact) mass is 288 g/mol. The van der Waals surface area contributed by atoms with Crippen LogP contribution in [0.25, 0.3) is 22.2 Å². The average Bonchev–Trinajstić information content (AvgIpc) is 2.84. The number of amides is 1. The van der Waals surface area contributed by atoms with Crippen LogP contribution in [0.1, 0.15) is 11.1 Å². The molecule has 5 rings (SSSR count). The van der Waals surface area contributed by atoms with Gasteiger partial charge in [0.25, 0.3) is 0 Å². The first kappa shape index (κ1) is 11.9. The summed E-state index contributed by atoms with van der Waals surface area (Å²) in [6, 6.07) is 14.8. The quantitative estimate of drug-likeness (QED) is 0.645. The predicted molar refractivity (Wildman–Crippen MR) is 83.4 cm³/mol. The van der Waals surface area contributed by atoms with Crippen LogP contribution in [0.3, 0.4) is 0 Å². The van der Waals surface area contributed by atoms with E-state index >= 15 is 0 Å². The van der Waals surface area contributed by atoms with E-state index in [4.69, 9.17) is 4.98 Å². The topological polar surface area (TPSA) is 45.9 Å². The molecule has 1 aliphatic carbocycles. The second-order valence-electron chi connectivity index (χ2n) is 5.89. The van der Waals surface area contributed by atoms with Crippen molar-refractivity contribution in [3.05, 3.63) is 53.6 Å². The van der Waals surface area contributed by atoms with Gasteiger partial charge in [0.05, 0.1) is 5.39 Å². The number of hydrogen-bond donors (Lipinski definition) is 1. The van der Waals surface area contributed by atoms with E-state index in [1.165, 1.54) is 22.1 Å². The van der Waals surface area contributed by atoms with E-state index in [0.29, 0.717) is 12.5 Å². The van der Waals surface area contributed by atoms with E-state index in [9.17, 15) is 4.79 Å². The first-order valence-electron chi connectivity index (χ1n) is 7.55. The minimum atomic E-state index is 0.00157. The van der Waals surface area contributed by atoms with Crippen molar-refractivity contribution in [3.63, 3.8) is 0 Å².